The molecule has 0 aromatic carbocycles. The lowest BCUT2D eigenvalue weighted by Crippen LogP contribution is -2.36. The second-order valence-electron chi connectivity index (χ2n) is 3.41. The Hall–Kier alpha value is -0.810. The van der Waals surface area contributed by atoms with Gasteiger partial charge in [0.25, 0.3) is 0 Å². The van der Waals surface area contributed by atoms with Crippen molar-refractivity contribution in [3.05, 3.63) is 5.38 Å². The molecule has 1 aliphatic rings. The van der Waals surface area contributed by atoms with Crippen LogP contribution in [0.1, 0.15) is 12.8 Å². The summed E-state index contributed by atoms with van der Waals surface area (Å²) in [6.45, 7) is 1.93. The van der Waals surface area contributed by atoms with Crippen LogP contribution in [-0.4, -0.2) is 36.4 Å². The van der Waals surface area contributed by atoms with E-state index in [0.29, 0.717) is 6.10 Å². The Bertz CT molecular complexity index is 295. The normalized spacial score (nSPS) is 18.8. The van der Waals surface area contributed by atoms with Crippen molar-refractivity contribution in [3.8, 4) is 5.88 Å². The number of rotatable bonds is 2. The quantitative estimate of drug-likeness (QED) is 0.809. The first-order valence-electron chi connectivity index (χ1n) is 4.72. The van der Waals surface area contributed by atoms with Crippen molar-refractivity contribution in [2.75, 3.05) is 25.1 Å². The van der Waals surface area contributed by atoms with E-state index in [-0.39, 0.29) is 5.88 Å². The molecule has 1 fully saturated rings. The van der Waals surface area contributed by atoms with Crippen molar-refractivity contribution >= 4 is 16.5 Å². The molecule has 1 saturated heterocycles. The van der Waals surface area contributed by atoms with Gasteiger partial charge >= 0.3 is 0 Å². The van der Waals surface area contributed by atoms with Crippen LogP contribution in [0.2, 0.25) is 0 Å². The maximum atomic E-state index is 9.13. The third kappa shape index (κ3) is 1.99. The molecule has 0 atom stereocenters. The van der Waals surface area contributed by atoms with Crippen LogP contribution in [0.3, 0.4) is 0 Å². The molecule has 0 unspecified atom stereocenters. The van der Waals surface area contributed by atoms with Crippen molar-refractivity contribution in [1.29, 1.82) is 0 Å². The number of anilines is 1. The fraction of sp³-hybridized carbons (Fsp3) is 0.667. The molecule has 0 bridgehead atoms. The number of aromatic hydroxyl groups is 1. The summed E-state index contributed by atoms with van der Waals surface area (Å²) in [5.41, 5.74) is 0. The Labute approximate surface area is 87.1 Å². The molecule has 0 amide bonds. The predicted molar refractivity (Wildman–Crippen MR) is 56.0 cm³/mol. The van der Waals surface area contributed by atoms with Crippen LogP contribution in [0.15, 0.2) is 5.38 Å². The second kappa shape index (κ2) is 4.14. The van der Waals surface area contributed by atoms with E-state index >= 15 is 0 Å². The van der Waals surface area contributed by atoms with Gasteiger partial charge in [-0.25, -0.2) is 0 Å². The smallest absolute Gasteiger partial charge is 0.223 e. The third-order valence-electron chi connectivity index (χ3n) is 2.53. The number of aromatic nitrogens is 1. The first-order valence-corrected chi connectivity index (χ1v) is 5.60. The Morgan fingerprint density at radius 1 is 1.57 bits per heavy atom. The van der Waals surface area contributed by atoms with Crippen LogP contribution in [0, 0.1) is 0 Å². The minimum absolute atomic E-state index is 0.124. The van der Waals surface area contributed by atoms with Crippen LogP contribution >= 0.6 is 11.3 Å². The maximum absolute atomic E-state index is 9.13. The monoisotopic (exact) mass is 214 g/mol. The summed E-state index contributed by atoms with van der Waals surface area (Å²) in [6, 6.07) is 0. The summed E-state index contributed by atoms with van der Waals surface area (Å²) in [7, 11) is 1.76. The van der Waals surface area contributed by atoms with Crippen LogP contribution < -0.4 is 4.90 Å². The van der Waals surface area contributed by atoms with Crippen LogP contribution in [0.25, 0.3) is 0 Å². The fourth-order valence-electron chi connectivity index (χ4n) is 1.68. The molecule has 78 valence electrons. The first-order chi connectivity index (χ1) is 6.79. The minimum Gasteiger partial charge on any atom is -0.493 e. The molecule has 0 spiro atoms. The predicted octanol–water partition coefficient (Wildman–Crippen LogP) is 1.46. The van der Waals surface area contributed by atoms with Gasteiger partial charge in [0, 0.05) is 20.2 Å². The highest BCUT2D eigenvalue weighted by atomic mass is 32.1. The molecular formula is C9H14N2O2S. The number of ether oxygens (including phenoxy) is 1. The van der Waals surface area contributed by atoms with Gasteiger partial charge in [0.1, 0.15) is 0 Å². The van der Waals surface area contributed by atoms with Crippen molar-refractivity contribution < 1.29 is 9.84 Å². The Kier molecular flexibility index (Phi) is 2.88. The van der Waals surface area contributed by atoms with Crippen LogP contribution in [0.5, 0.6) is 5.88 Å². The number of piperidine rings is 1. The van der Waals surface area contributed by atoms with E-state index in [1.165, 1.54) is 11.3 Å². The number of thiazole rings is 1. The van der Waals surface area contributed by atoms with Crippen LogP contribution in [0.4, 0.5) is 5.13 Å². The van der Waals surface area contributed by atoms with E-state index < -0.39 is 0 Å². The molecule has 4 nitrogen and oxygen atoms in total. The van der Waals surface area contributed by atoms with Crippen molar-refractivity contribution in [3.63, 3.8) is 0 Å². The zero-order valence-corrected chi connectivity index (χ0v) is 8.96. The lowest BCUT2D eigenvalue weighted by molar-refractivity contribution is 0.0819. The van der Waals surface area contributed by atoms with Crippen molar-refractivity contribution in [1.82, 2.24) is 4.98 Å². The van der Waals surface area contributed by atoms with Crippen molar-refractivity contribution in [2.24, 2.45) is 0 Å². The average molecular weight is 214 g/mol. The van der Waals surface area contributed by atoms with E-state index in [1.807, 2.05) is 0 Å². The number of hydrogen-bond acceptors (Lipinski definition) is 5. The van der Waals surface area contributed by atoms with E-state index in [0.717, 1.165) is 31.1 Å². The summed E-state index contributed by atoms with van der Waals surface area (Å²) < 4.78 is 5.29. The third-order valence-corrected chi connectivity index (χ3v) is 3.41. The largest absolute Gasteiger partial charge is 0.493 e. The van der Waals surface area contributed by atoms with Gasteiger partial charge in [0.2, 0.25) is 5.88 Å². The maximum Gasteiger partial charge on any atom is 0.223 e. The summed E-state index contributed by atoms with van der Waals surface area (Å²) >= 11 is 1.49. The fourth-order valence-corrected chi connectivity index (χ4v) is 2.43. The topological polar surface area (TPSA) is 45.6 Å². The van der Waals surface area contributed by atoms with E-state index in [1.54, 1.807) is 12.5 Å². The van der Waals surface area contributed by atoms with Gasteiger partial charge in [-0.1, -0.05) is 0 Å². The summed E-state index contributed by atoms with van der Waals surface area (Å²) in [5, 5.41) is 11.7. The summed E-state index contributed by atoms with van der Waals surface area (Å²) in [6.07, 6.45) is 2.47. The van der Waals surface area contributed by atoms with Crippen LogP contribution in [-0.2, 0) is 4.74 Å². The molecule has 1 aliphatic heterocycles. The van der Waals surface area contributed by atoms with Gasteiger partial charge < -0.3 is 14.7 Å². The lowest BCUT2D eigenvalue weighted by atomic mass is 10.1. The molecular weight excluding hydrogens is 200 g/mol. The highest BCUT2D eigenvalue weighted by Gasteiger charge is 2.20. The molecule has 0 saturated carbocycles. The lowest BCUT2D eigenvalue weighted by Gasteiger charge is -2.30. The molecule has 2 rings (SSSR count). The molecule has 0 aliphatic carbocycles. The molecule has 1 N–H and O–H groups in total. The SMILES string of the molecule is COC1CCN(c2nc(O)cs2)CC1. The van der Waals surface area contributed by atoms with Gasteiger partial charge in [-0.15, -0.1) is 11.3 Å². The summed E-state index contributed by atoms with van der Waals surface area (Å²) in [5.74, 6) is 0.124. The van der Waals surface area contributed by atoms with Gasteiger partial charge in [-0.05, 0) is 12.8 Å². The highest BCUT2D eigenvalue weighted by Crippen LogP contribution is 2.26. The molecule has 14 heavy (non-hydrogen) atoms. The number of hydrogen-bond donors (Lipinski definition) is 1. The van der Waals surface area contributed by atoms with E-state index in [4.69, 9.17) is 9.84 Å². The minimum atomic E-state index is 0.124. The second-order valence-corrected chi connectivity index (χ2v) is 4.25. The molecule has 0 radical (unpaired) electrons. The van der Waals surface area contributed by atoms with E-state index in [9.17, 15) is 0 Å². The van der Waals surface area contributed by atoms with E-state index in [2.05, 4.69) is 9.88 Å². The number of nitrogens with zero attached hydrogens (tertiary/aromatic N) is 2. The standard InChI is InChI=1S/C9H14N2O2S/c1-13-7-2-4-11(5-3-7)9-10-8(12)6-14-9/h6-7,12H,2-5H2,1H3. The zero-order valence-electron chi connectivity index (χ0n) is 8.14. The average Bonchev–Trinajstić information content (AvgIpc) is 2.65. The molecule has 2 heterocycles. The summed E-state index contributed by atoms with van der Waals surface area (Å²) in [4.78, 5) is 6.24. The highest BCUT2D eigenvalue weighted by molar-refractivity contribution is 7.13. The molecule has 5 heteroatoms. The Morgan fingerprint density at radius 3 is 2.79 bits per heavy atom. The molecule has 1 aromatic rings. The van der Waals surface area contributed by atoms with Gasteiger partial charge in [0.15, 0.2) is 5.13 Å². The van der Waals surface area contributed by atoms with Gasteiger partial charge in [0.05, 0.1) is 11.5 Å². The molecule has 1 aromatic heterocycles. The Morgan fingerprint density at radius 2 is 2.29 bits per heavy atom. The zero-order chi connectivity index (χ0) is 9.97. The van der Waals surface area contributed by atoms with Crippen molar-refractivity contribution in [2.45, 2.75) is 18.9 Å². The van der Waals surface area contributed by atoms with Gasteiger partial charge in [-0.2, -0.15) is 4.98 Å². The Balaban J connectivity index is 1.95. The first kappa shape index (κ1) is 9.73. The number of methoxy groups -OCH3 is 1. The van der Waals surface area contributed by atoms with Gasteiger partial charge in [-0.3, -0.25) is 0 Å².